The molecule has 3 rings (SSSR count). The van der Waals surface area contributed by atoms with Gasteiger partial charge in [0.2, 0.25) is 5.91 Å². The summed E-state index contributed by atoms with van der Waals surface area (Å²) in [5.41, 5.74) is 0.817. The number of hydrogen-bond acceptors (Lipinski definition) is 6. The number of carbonyl (C=O) groups is 2. The zero-order chi connectivity index (χ0) is 23.3. The molecule has 3 aromatic rings. The second kappa shape index (κ2) is 10.3. The van der Waals surface area contributed by atoms with Crippen LogP contribution >= 0.6 is 22.9 Å². The highest BCUT2D eigenvalue weighted by Gasteiger charge is 2.21. The van der Waals surface area contributed by atoms with Crippen molar-refractivity contribution in [3.05, 3.63) is 46.8 Å². The fraction of sp³-hybridized carbons (Fsp3) is 0.238. The fourth-order valence-corrected chi connectivity index (χ4v) is 4.02. The molecule has 1 unspecified atom stereocenters. The number of hydrogen-bond donors (Lipinski definition) is 5. The Hall–Kier alpha value is -3.37. The van der Waals surface area contributed by atoms with E-state index in [4.69, 9.17) is 16.3 Å². The van der Waals surface area contributed by atoms with Gasteiger partial charge in [-0.1, -0.05) is 24.9 Å². The van der Waals surface area contributed by atoms with Gasteiger partial charge in [-0.05, 0) is 30.7 Å². The molecular weight excluding hydrogens is 456 g/mol. The number of nitrogens with zero attached hydrogens (tertiary/aromatic N) is 1. The smallest absolute Gasteiger partial charge is 0.320 e. The molecule has 9 nitrogen and oxygen atoms in total. The maximum atomic E-state index is 12.8. The first kappa shape index (κ1) is 23.3. The van der Waals surface area contributed by atoms with Gasteiger partial charge in [0, 0.05) is 23.9 Å². The van der Waals surface area contributed by atoms with Crippen LogP contribution in [0, 0.1) is 0 Å². The van der Waals surface area contributed by atoms with Crippen molar-refractivity contribution in [1.82, 2.24) is 9.88 Å². The van der Waals surface area contributed by atoms with Gasteiger partial charge in [0.25, 0.3) is 0 Å². The summed E-state index contributed by atoms with van der Waals surface area (Å²) in [7, 11) is 1.44. The van der Waals surface area contributed by atoms with Gasteiger partial charge in [0.1, 0.15) is 11.8 Å². The number of aromatic hydroxyl groups is 2. The summed E-state index contributed by atoms with van der Waals surface area (Å²) in [5, 5.41) is 28.6. The SMILES string of the molecule is CCCC(NC(=O)Nc1ccc(Cl)s1)C(=O)Nc1ccc(-n2c(O)ccc2O)c(OC)c1. The fourth-order valence-electron chi connectivity index (χ4n) is 3.08. The Bertz CT molecular complexity index is 1090. The molecule has 0 aliphatic carbocycles. The van der Waals surface area contributed by atoms with Crippen LogP contribution in [0.3, 0.4) is 0 Å². The number of methoxy groups -OCH3 is 1. The van der Waals surface area contributed by atoms with E-state index >= 15 is 0 Å². The second-order valence-electron chi connectivity index (χ2n) is 6.80. The van der Waals surface area contributed by atoms with Crippen LogP contribution in [0.1, 0.15) is 19.8 Å². The van der Waals surface area contributed by atoms with Crippen molar-refractivity contribution in [3.63, 3.8) is 0 Å². The Balaban J connectivity index is 1.72. The summed E-state index contributed by atoms with van der Waals surface area (Å²) >= 11 is 7.08. The predicted octanol–water partition coefficient (Wildman–Crippen LogP) is 4.54. The molecule has 0 spiro atoms. The number of nitrogens with one attached hydrogen (secondary N) is 3. The quantitative estimate of drug-likeness (QED) is 0.325. The van der Waals surface area contributed by atoms with Crippen molar-refractivity contribution in [3.8, 4) is 23.2 Å². The highest BCUT2D eigenvalue weighted by Crippen LogP contribution is 2.34. The highest BCUT2D eigenvalue weighted by molar-refractivity contribution is 7.20. The maximum Gasteiger partial charge on any atom is 0.320 e. The number of ether oxygens (including phenoxy) is 1. The minimum atomic E-state index is -0.765. The number of rotatable bonds is 8. The van der Waals surface area contributed by atoms with E-state index < -0.39 is 18.0 Å². The Labute approximate surface area is 193 Å². The van der Waals surface area contributed by atoms with E-state index in [0.29, 0.717) is 39.3 Å². The number of urea groups is 1. The first-order chi connectivity index (χ1) is 15.3. The van der Waals surface area contributed by atoms with Crippen molar-refractivity contribution < 1.29 is 24.5 Å². The highest BCUT2D eigenvalue weighted by atomic mass is 35.5. The lowest BCUT2D eigenvalue weighted by Gasteiger charge is -2.19. The Morgan fingerprint density at radius 1 is 1.12 bits per heavy atom. The standard InChI is InChI=1S/C21H23ClN4O5S/c1-3-4-13(24-21(30)25-17-8-7-16(22)32-17)20(29)23-12-5-6-14(15(11-12)31-2)26-18(27)9-10-19(26)28/h5-11,13,27-28H,3-4H2,1-2H3,(H,23,29)(H2,24,25,30). The van der Waals surface area contributed by atoms with Gasteiger partial charge in [0.05, 0.1) is 22.1 Å². The lowest BCUT2D eigenvalue weighted by atomic mass is 10.1. The number of anilines is 2. The van der Waals surface area contributed by atoms with Crippen LogP contribution in [0.15, 0.2) is 42.5 Å². The van der Waals surface area contributed by atoms with Crippen LogP contribution in [0.25, 0.3) is 5.69 Å². The van der Waals surface area contributed by atoms with Crippen molar-refractivity contribution >= 4 is 45.6 Å². The molecule has 0 bridgehead atoms. The van der Waals surface area contributed by atoms with Crippen molar-refractivity contribution in [2.75, 3.05) is 17.7 Å². The number of thiophene rings is 1. The van der Waals surface area contributed by atoms with Crippen molar-refractivity contribution in [2.45, 2.75) is 25.8 Å². The molecule has 1 aromatic carbocycles. The van der Waals surface area contributed by atoms with Crippen LogP contribution in [0.4, 0.5) is 15.5 Å². The minimum Gasteiger partial charge on any atom is -0.494 e. The first-order valence-corrected chi connectivity index (χ1v) is 10.9. The average molecular weight is 479 g/mol. The van der Waals surface area contributed by atoms with E-state index in [1.54, 1.807) is 30.3 Å². The van der Waals surface area contributed by atoms with E-state index in [1.807, 2.05) is 6.92 Å². The molecule has 3 amide bonds. The lowest BCUT2D eigenvalue weighted by molar-refractivity contribution is -0.118. The Morgan fingerprint density at radius 2 is 1.84 bits per heavy atom. The van der Waals surface area contributed by atoms with Crippen LogP contribution in [-0.4, -0.2) is 39.9 Å². The lowest BCUT2D eigenvalue weighted by Crippen LogP contribution is -2.45. The molecule has 2 aromatic heterocycles. The van der Waals surface area contributed by atoms with Gasteiger partial charge in [0.15, 0.2) is 11.8 Å². The van der Waals surface area contributed by atoms with Gasteiger partial charge < -0.3 is 25.6 Å². The van der Waals surface area contributed by atoms with Gasteiger partial charge >= 0.3 is 6.03 Å². The molecule has 0 radical (unpaired) electrons. The summed E-state index contributed by atoms with van der Waals surface area (Å²) in [5.74, 6) is -0.407. The van der Waals surface area contributed by atoms with Crippen molar-refractivity contribution in [2.24, 2.45) is 0 Å². The number of amides is 3. The molecule has 32 heavy (non-hydrogen) atoms. The molecule has 2 heterocycles. The molecule has 0 saturated heterocycles. The van der Waals surface area contributed by atoms with Crippen LogP contribution in [0.5, 0.6) is 17.5 Å². The van der Waals surface area contributed by atoms with Gasteiger partial charge in [-0.25, -0.2) is 9.36 Å². The zero-order valence-electron chi connectivity index (χ0n) is 17.4. The van der Waals surface area contributed by atoms with Crippen LogP contribution < -0.4 is 20.7 Å². The molecule has 1 atom stereocenters. The summed E-state index contributed by atoms with van der Waals surface area (Å²) in [6.07, 6.45) is 1.11. The third-order valence-corrected chi connectivity index (χ3v) is 5.68. The number of carbonyl (C=O) groups excluding carboxylic acids is 2. The molecule has 0 saturated carbocycles. The summed E-state index contributed by atoms with van der Waals surface area (Å²) in [6.45, 7) is 1.91. The first-order valence-electron chi connectivity index (χ1n) is 9.74. The minimum absolute atomic E-state index is 0.164. The van der Waals surface area contributed by atoms with Gasteiger partial charge in [-0.2, -0.15) is 0 Å². The molecule has 5 N–H and O–H groups in total. The summed E-state index contributed by atoms with van der Waals surface area (Å²) in [6, 6.07) is 9.51. The molecule has 0 aliphatic heterocycles. The summed E-state index contributed by atoms with van der Waals surface area (Å²) in [4.78, 5) is 25.1. The average Bonchev–Trinajstić information content (AvgIpc) is 3.31. The molecule has 0 fully saturated rings. The molecule has 170 valence electrons. The van der Waals surface area contributed by atoms with E-state index in [0.717, 1.165) is 0 Å². The zero-order valence-corrected chi connectivity index (χ0v) is 19.0. The maximum absolute atomic E-state index is 12.8. The van der Waals surface area contributed by atoms with Crippen LogP contribution in [0.2, 0.25) is 4.34 Å². The van der Waals surface area contributed by atoms with Crippen LogP contribution in [-0.2, 0) is 4.79 Å². The predicted molar refractivity (Wildman–Crippen MR) is 124 cm³/mol. The molecule has 0 aliphatic rings. The van der Waals surface area contributed by atoms with E-state index in [2.05, 4.69) is 16.0 Å². The van der Waals surface area contributed by atoms with Crippen molar-refractivity contribution in [1.29, 1.82) is 0 Å². The third-order valence-electron chi connectivity index (χ3n) is 4.54. The monoisotopic (exact) mass is 478 g/mol. The normalized spacial score (nSPS) is 11.6. The Kier molecular flexibility index (Phi) is 7.49. The number of aromatic nitrogens is 1. The third kappa shape index (κ3) is 5.45. The summed E-state index contributed by atoms with van der Waals surface area (Å²) < 4.78 is 7.10. The van der Waals surface area contributed by atoms with E-state index in [9.17, 15) is 19.8 Å². The van der Waals surface area contributed by atoms with Gasteiger partial charge in [-0.15, -0.1) is 11.3 Å². The largest absolute Gasteiger partial charge is 0.494 e. The van der Waals surface area contributed by atoms with E-state index in [1.165, 1.54) is 35.1 Å². The molecular formula is C21H23ClN4O5S. The number of benzene rings is 1. The topological polar surface area (TPSA) is 125 Å². The van der Waals surface area contributed by atoms with E-state index in [-0.39, 0.29) is 11.8 Å². The second-order valence-corrected chi connectivity index (χ2v) is 8.52. The Morgan fingerprint density at radius 3 is 2.44 bits per heavy atom. The van der Waals surface area contributed by atoms with Gasteiger partial charge in [-0.3, -0.25) is 10.1 Å². The number of halogens is 1. The molecule has 11 heteroatoms.